The van der Waals surface area contributed by atoms with Crippen molar-refractivity contribution in [2.24, 2.45) is 0 Å². The summed E-state index contributed by atoms with van der Waals surface area (Å²) in [4.78, 5) is 11.1. The van der Waals surface area contributed by atoms with Gasteiger partial charge in [-0.15, -0.1) is 0 Å². The minimum Gasteiger partial charge on any atom is -0.480 e. The number of carboxylic acid groups (broad SMARTS) is 1. The molecule has 0 unspecified atom stereocenters. The number of carbonyl (C=O) groups is 1. The molecule has 1 aromatic carbocycles. The number of hydrogen-bond donors (Lipinski definition) is 2. The van der Waals surface area contributed by atoms with Gasteiger partial charge in [0.25, 0.3) is 0 Å². The van der Waals surface area contributed by atoms with E-state index in [-0.39, 0.29) is 17.9 Å². The average molecular weight is 341 g/mol. The Balaban J connectivity index is 2.06. The molecule has 0 aliphatic heterocycles. The monoisotopic (exact) mass is 341 g/mol. The Labute approximate surface area is 136 Å². The number of thioether (sulfide) groups is 1. The summed E-state index contributed by atoms with van der Waals surface area (Å²) in [5.74, 6) is -1.14. The van der Waals surface area contributed by atoms with Gasteiger partial charge < -0.3 is 9.52 Å². The van der Waals surface area contributed by atoms with Crippen molar-refractivity contribution in [3.63, 3.8) is 0 Å². The molecule has 0 aliphatic rings. The highest BCUT2D eigenvalue weighted by Gasteiger charge is 2.18. The third-order valence-electron chi connectivity index (χ3n) is 3.30. The molecule has 1 heterocycles. The molecule has 0 radical (unpaired) electrons. The zero-order valence-electron chi connectivity index (χ0n) is 12.5. The molecular weight excluding hydrogens is 324 g/mol. The molecule has 0 fully saturated rings. The molecule has 1 aromatic heterocycles. The summed E-state index contributed by atoms with van der Waals surface area (Å²) in [6.45, 7) is 0.168. The second kappa shape index (κ2) is 8.12. The van der Waals surface area contributed by atoms with E-state index in [9.17, 15) is 13.6 Å². The van der Waals surface area contributed by atoms with Crippen molar-refractivity contribution in [1.82, 2.24) is 5.32 Å². The van der Waals surface area contributed by atoms with E-state index in [0.717, 1.165) is 12.1 Å². The molecule has 2 N–H and O–H groups in total. The standard InChI is InChI=1S/C16H17F2NO3S/c1-23-8-7-13(16(20)21)19-9-10-5-6-14(22-10)15-11(17)3-2-4-12(15)18/h2-6,13,19H,7-9H2,1H3,(H,20,21)/t13-/m1/s1. The number of halogens is 2. The summed E-state index contributed by atoms with van der Waals surface area (Å²) >= 11 is 1.56. The lowest BCUT2D eigenvalue weighted by Gasteiger charge is -2.12. The first kappa shape index (κ1) is 17.5. The maximum absolute atomic E-state index is 13.7. The first-order chi connectivity index (χ1) is 11.0. The lowest BCUT2D eigenvalue weighted by molar-refractivity contribution is -0.139. The maximum Gasteiger partial charge on any atom is 0.320 e. The quantitative estimate of drug-likeness (QED) is 0.769. The van der Waals surface area contributed by atoms with Crippen molar-refractivity contribution in [3.05, 3.63) is 47.7 Å². The van der Waals surface area contributed by atoms with Gasteiger partial charge >= 0.3 is 5.97 Å². The van der Waals surface area contributed by atoms with Crippen molar-refractivity contribution < 1.29 is 23.1 Å². The van der Waals surface area contributed by atoms with Crippen molar-refractivity contribution in [2.75, 3.05) is 12.0 Å². The molecule has 1 atom stereocenters. The topological polar surface area (TPSA) is 62.5 Å². The van der Waals surface area contributed by atoms with Crippen LogP contribution in [-0.4, -0.2) is 29.1 Å². The molecule has 4 nitrogen and oxygen atoms in total. The maximum atomic E-state index is 13.7. The molecular formula is C16H17F2NO3S. The van der Waals surface area contributed by atoms with E-state index in [1.54, 1.807) is 17.8 Å². The summed E-state index contributed by atoms with van der Waals surface area (Å²) in [5.41, 5.74) is -0.226. The summed E-state index contributed by atoms with van der Waals surface area (Å²) in [6.07, 6.45) is 2.38. The SMILES string of the molecule is CSCC[C@@H](NCc1ccc(-c2c(F)cccc2F)o1)C(=O)O. The molecule has 0 aliphatic carbocycles. The third kappa shape index (κ3) is 4.56. The number of aliphatic carboxylic acids is 1. The number of benzene rings is 1. The van der Waals surface area contributed by atoms with Crippen LogP contribution in [0.5, 0.6) is 0 Å². The molecule has 124 valence electrons. The van der Waals surface area contributed by atoms with Crippen LogP contribution in [-0.2, 0) is 11.3 Å². The minimum atomic E-state index is -0.939. The van der Waals surface area contributed by atoms with E-state index in [2.05, 4.69) is 5.32 Å². The second-order valence-electron chi connectivity index (χ2n) is 4.92. The first-order valence-corrected chi connectivity index (χ1v) is 8.40. The molecule has 0 saturated carbocycles. The van der Waals surface area contributed by atoms with E-state index in [1.165, 1.54) is 12.1 Å². The fraction of sp³-hybridized carbons (Fsp3) is 0.312. The van der Waals surface area contributed by atoms with Gasteiger partial charge in [0.2, 0.25) is 0 Å². The Morgan fingerprint density at radius 3 is 2.61 bits per heavy atom. The predicted octanol–water partition coefficient (Wildman–Crippen LogP) is 3.52. The summed E-state index contributed by atoms with van der Waals surface area (Å²) in [5, 5.41) is 12.0. The molecule has 23 heavy (non-hydrogen) atoms. The van der Waals surface area contributed by atoms with Crippen LogP contribution in [0.1, 0.15) is 12.2 Å². The van der Waals surface area contributed by atoms with Gasteiger partial charge in [-0.1, -0.05) is 6.07 Å². The normalized spacial score (nSPS) is 12.3. The lowest BCUT2D eigenvalue weighted by Crippen LogP contribution is -2.36. The highest BCUT2D eigenvalue weighted by Crippen LogP contribution is 2.27. The van der Waals surface area contributed by atoms with Crippen molar-refractivity contribution in [2.45, 2.75) is 19.0 Å². The fourth-order valence-electron chi connectivity index (χ4n) is 2.11. The molecule has 0 bridgehead atoms. The summed E-state index contributed by atoms with van der Waals surface area (Å²) < 4.78 is 32.8. The number of furan rings is 1. The van der Waals surface area contributed by atoms with E-state index < -0.39 is 23.6 Å². The number of rotatable bonds is 8. The van der Waals surface area contributed by atoms with Crippen molar-refractivity contribution >= 4 is 17.7 Å². The Hall–Kier alpha value is -1.86. The van der Waals surface area contributed by atoms with Gasteiger partial charge in [0.15, 0.2) is 0 Å². The molecule has 0 spiro atoms. The van der Waals surface area contributed by atoms with E-state index in [0.29, 0.717) is 17.9 Å². The van der Waals surface area contributed by atoms with Crippen LogP contribution in [0, 0.1) is 11.6 Å². The van der Waals surface area contributed by atoms with Crippen LogP contribution in [0.4, 0.5) is 8.78 Å². The molecule has 7 heteroatoms. The zero-order valence-corrected chi connectivity index (χ0v) is 13.3. The largest absolute Gasteiger partial charge is 0.480 e. The Kier molecular flexibility index (Phi) is 6.18. The van der Waals surface area contributed by atoms with E-state index >= 15 is 0 Å². The Morgan fingerprint density at radius 2 is 2.00 bits per heavy atom. The van der Waals surface area contributed by atoms with Crippen LogP contribution in [0.3, 0.4) is 0 Å². The van der Waals surface area contributed by atoms with Crippen LogP contribution < -0.4 is 5.32 Å². The van der Waals surface area contributed by atoms with Gasteiger partial charge in [-0.3, -0.25) is 10.1 Å². The van der Waals surface area contributed by atoms with Gasteiger partial charge in [0.1, 0.15) is 29.2 Å². The van der Waals surface area contributed by atoms with Gasteiger partial charge in [0, 0.05) is 0 Å². The lowest BCUT2D eigenvalue weighted by atomic mass is 10.1. The second-order valence-corrected chi connectivity index (χ2v) is 5.90. The first-order valence-electron chi connectivity index (χ1n) is 7.01. The van der Waals surface area contributed by atoms with Gasteiger partial charge in [0.05, 0.1) is 12.1 Å². The highest BCUT2D eigenvalue weighted by atomic mass is 32.2. The van der Waals surface area contributed by atoms with Crippen molar-refractivity contribution in [1.29, 1.82) is 0 Å². The Morgan fingerprint density at radius 1 is 1.30 bits per heavy atom. The molecule has 0 saturated heterocycles. The molecule has 0 amide bonds. The van der Waals surface area contributed by atoms with Crippen LogP contribution in [0.15, 0.2) is 34.7 Å². The third-order valence-corrected chi connectivity index (χ3v) is 3.95. The van der Waals surface area contributed by atoms with Crippen molar-refractivity contribution in [3.8, 4) is 11.3 Å². The summed E-state index contributed by atoms with van der Waals surface area (Å²) in [7, 11) is 0. The zero-order chi connectivity index (χ0) is 16.8. The number of hydrogen-bond acceptors (Lipinski definition) is 4. The number of nitrogens with one attached hydrogen (secondary N) is 1. The molecule has 2 rings (SSSR count). The van der Waals surface area contributed by atoms with Crippen LogP contribution >= 0.6 is 11.8 Å². The Bertz CT molecular complexity index is 655. The van der Waals surface area contributed by atoms with Gasteiger partial charge in [-0.05, 0) is 42.7 Å². The fourth-order valence-corrected chi connectivity index (χ4v) is 2.58. The highest BCUT2D eigenvalue weighted by molar-refractivity contribution is 7.98. The van der Waals surface area contributed by atoms with Gasteiger partial charge in [-0.25, -0.2) is 8.78 Å². The average Bonchev–Trinajstić information content (AvgIpc) is 2.95. The van der Waals surface area contributed by atoms with E-state index in [1.807, 2.05) is 6.26 Å². The smallest absolute Gasteiger partial charge is 0.320 e. The summed E-state index contributed by atoms with van der Waals surface area (Å²) in [6, 6.07) is 5.94. The minimum absolute atomic E-state index is 0.0772. The molecule has 2 aromatic rings. The predicted molar refractivity (Wildman–Crippen MR) is 85.3 cm³/mol. The number of carboxylic acids is 1. The van der Waals surface area contributed by atoms with Crippen LogP contribution in [0.25, 0.3) is 11.3 Å². The van der Waals surface area contributed by atoms with Gasteiger partial charge in [-0.2, -0.15) is 11.8 Å². The van der Waals surface area contributed by atoms with Crippen LogP contribution in [0.2, 0.25) is 0 Å². The van der Waals surface area contributed by atoms with E-state index in [4.69, 9.17) is 9.52 Å².